The van der Waals surface area contributed by atoms with Crippen LogP contribution in [0.25, 0.3) is 0 Å². The second-order valence-electron chi connectivity index (χ2n) is 5.43. The lowest BCUT2D eigenvalue weighted by Crippen LogP contribution is -2.49. The molecule has 1 aliphatic heterocycles. The first-order chi connectivity index (χ1) is 9.41. The topological polar surface area (TPSA) is 70.0 Å². The average Bonchev–Trinajstić information content (AvgIpc) is 2.43. The smallest absolute Gasteiger partial charge is 0.345 e. The fourth-order valence-corrected chi connectivity index (χ4v) is 1.56. The largest absolute Gasteiger partial charge is 0.349 e. The van der Waals surface area contributed by atoms with Crippen LogP contribution in [0.4, 0.5) is 0 Å². The minimum absolute atomic E-state index is 0.240. The van der Waals surface area contributed by atoms with Crippen LogP contribution in [-0.4, -0.2) is 36.2 Å². The second kappa shape index (κ2) is 5.68. The highest BCUT2D eigenvalue weighted by Gasteiger charge is 2.43. The van der Waals surface area contributed by atoms with Gasteiger partial charge in [-0.25, -0.2) is 4.79 Å². The molecule has 0 N–H and O–H groups in total. The summed E-state index contributed by atoms with van der Waals surface area (Å²) in [6, 6.07) is 3.52. The summed E-state index contributed by atoms with van der Waals surface area (Å²) in [5, 5.41) is 3.68. The Morgan fingerprint density at radius 3 is 2.50 bits per heavy atom. The van der Waals surface area contributed by atoms with E-state index >= 15 is 0 Å². The van der Waals surface area contributed by atoms with Gasteiger partial charge in [-0.1, -0.05) is 5.16 Å². The van der Waals surface area contributed by atoms with Crippen LogP contribution in [0.2, 0.25) is 0 Å². The third-order valence-electron chi connectivity index (χ3n) is 3.01. The summed E-state index contributed by atoms with van der Waals surface area (Å²) in [6.45, 7) is 5.82. The fraction of sp³-hybridized carbons (Fsp3) is 0.500. The predicted molar refractivity (Wildman–Crippen MR) is 72.0 cm³/mol. The van der Waals surface area contributed by atoms with E-state index < -0.39 is 17.2 Å². The maximum Gasteiger partial charge on any atom is 0.345 e. The Morgan fingerprint density at radius 1 is 1.30 bits per heavy atom. The maximum absolute atomic E-state index is 12.0. The first-order valence-electron chi connectivity index (χ1n) is 6.34. The van der Waals surface area contributed by atoms with Crippen LogP contribution in [0.5, 0.6) is 0 Å². The molecule has 1 aliphatic rings. The first kappa shape index (κ1) is 14.6. The van der Waals surface area contributed by atoms with Crippen molar-refractivity contribution in [3.05, 3.63) is 30.1 Å². The quantitative estimate of drug-likeness (QED) is 0.478. The number of hydrogen-bond donors (Lipinski definition) is 0. The Labute approximate surface area is 117 Å². The lowest BCUT2D eigenvalue weighted by molar-refractivity contribution is -0.281. The van der Waals surface area contributed by atoms with Gasteiger partial charge in [0.15, 0.2) is 5.79 Å². The van der Waals surface area contributed by atoms with Crippen molar-refractivity contribution in [3.63, 3.8) is 0 Å². The average molecular weight is 278 g/mol. The number of pyridine rings is 1. The summed E-state index contributed by atoms with van der Waals surface area (Å²) in [4.78, 5) is 20.8. The van der Waals surface area contributed by atoms with E-state index in [1.807, 2.05) is 0 Å². The molecule has 1 aromatic rings. The van der Waals surface area contributed by atoms with E-state index in [2.05, 4.69) is 10.1 Å². The molecular weight excluding hydrogens is 260 g/mol. The van der Waals surface area contributed by atoms with E-state index in [-0.39, 0.29) is 13.2 Å². The molecule has 2 rings (SSSR count). The minimum atomic E-state index is -0.842. The highest BCUT2D eigenvalue weighted by atomic mass is 16.7. The van der Waals surface area contributed by atoms with Gasteiger partial charge in [-0.2, -0.15) is 0 Å². The van der Waals surface area contributed by atoms with Crippen molar-refractivity contribution >= 4 is 12.2 Å². The molecule has 2 heterocycles. The lowest BCUT2D eigenvalue weighted by atomic mass is 9.92. The zero-order valence-electron chi connectivity index (χ0n) is 11.8. The molecule has 1 aromatic heterocycles. The Balaban J connectivity index is 1.90. The van der Waals surface area contributed by atoms with Crippen molar-refractivity contribution < 1.29 is 19.1 Å². The van der Waals surface area contributed by atoms with Crippen molar-refractivity contribution in [1.29, 1.82) is 0 Å². The zero-order chi connectivity index (χ0) is 14.6. The van der Waals surface area contributed by atoms with Crippen LogP contribution in [0, 0.1) is 5.41 Å². The summed E-state index contributed by atoms with van der Waals surface area (Å²) < 4.78 is 11.0. The van der Waals surface area contributed by atoms with Crippen LogP contribution in [0.1, 0.15) is 26.3 Å². The summed E-state index contributed by atoms with van der Waals surface area (Å²) in [7, 11) is 0. The number of rotatable bonds is 3. The van der Waals surface area contributed by atoms with Gasteiger partial charge in [0.2, 0.25) is 0 Å². The van der Waals surface area contributed by atoms with Gasteiger partial charge in [-0.05, 0) is 38.5 Å². The fourth-order valence-electron chi connectivity index (χ4n) is 1.56. The monoisotopic (exact) mass is 278 g/mol. The summed E-state index contributed by atoms with van der Waals surface area (Å²) in [6.07, 6.45) is 4.72. The molecule has 0 aromatic carbocycles. The van der Waals surface area contributed by atoms with Gasteiger partial charge in [0.25, 0.3) is 0 Å². The lowest BCUT2D eigenvalue weighted by Gasteiger charge is -2.39. The SMILES string of the molecule is CC1(C)OCC(C)(C(=O)O/N=C/c2ccncc2)CO1. The number of carbonyl (C=O) groups excluding carboxylic acids is 1. The van der Waals surface area contributed by atoms with Gasteiger partial charge in [0.05, 0.1) is 19.4 Å². The van der Waals surface area contributed by atoms with Gasteiger partial charge in [0, 0.05) is 12.4 Å². The number of carbonyl (C=O) groups is 1. The molecule has 6 nitrogen and oxygen atoms in total. The molecule has 20 heavy (non-hydrogen) atoms. The van der Waals surface area contributed by atoms with Crippen LogP contribution in [-0.2, 0) is 19.1 Å². The first-order valence-corrected chi connectivity index (χ1v) is 6.34. The Morgan fingerprint density at radius 2 is 1.90 bits per heavy atom. The van der Waals surface area contributed by atoms with Crippen molar-refractivity contribution in [3.8, 4) is 0 Å². The molecule has 0 bridgehead atoms. The summed E-state index contributed by atoms with van der Waals surface area (Å²) in [5.74, 6) is -1.14. The van der Waals surface area contributed by atoms with Crippen molar-refractivity contribution in [2.45, 2.75) is 26.6 Å². The number of oxime groups is 1. The van der Waals surface area contributed by atoms with Gasteiger partial charge < -0.3 is 14.3 Å². The predicted octanol–water partition coefficient (Wildman–Crippen LogP) is 1.75. The molecule has 1 saturated heterocycles. The van der Waals surface area contributed by atoms with Gasteiger partial charge >= 0.3 is 5.97 Å². The van der Waals surface area contributed by atoms with Gasteiger partial charge in [0.1, 0.15) is 5.41 Å². The normalized spacial score (nSPS) is 20.8. The standard InChI is InChI=1S/C14H18N2O4/c1-13(2)18-9-14(3,10-19-13)12(17)20-16-8-11-4-6-15-7-5-11/h4-8H,9-10H2,1-3H3/b16-8+. The van der Waals surface area contributed by atoms with E-state index in [0.717, 1.165) is 5.56 Å². The van der Waals surface area contributed by atoms with Crippen LogP contribution < -0.4 is 0 Å². The Hall–Kier alpha value is -1.79. The van der Waals surface area contributed by atoms with E-state index in [9.17, 15) is 4.79 Å². The molecule has 0 aliphatic carbocycles. The molecule has 0 amide bonds. The van der Waals surface area contributed by atoms with Gasteiger partial charge in [-0.15, -0.1) is 0 Å². The third kappa shape index (κ3) is 3.61. The molecule has 0 unspecified atom stereocenters. The molecule has 0 saturated carbocycles. The van der Waals surface area contributed by atoms with Crippen LogP contribution in [0.3, 0.4) is 0 Å². The van der Waals surface area contributed by atoms with E-state index in [0.29, 0.717) is 0 Å². The van der Waals surface area contributed by atoms with E-state index in [1.165, 1.54) is 6.21 Å². The van der Waals surface area contributed by atoms with Gasteiger partial charge in [-0.3, -0.25) is 4.98 Å². The maximum atomic E-state index is 12.0. The molecule has 1 fully saturated rings. The molecule has 6 heteroatoms. The van der Waals surface area contributed by atoms with Crippen LogP contribution in [0.15, 0.2) is 29.7 Å². The number of ether oxygens (including phenoxy) is 2. The third-order valence-corrected chi connectivity index (χ3v) is 3.01. The summed E-state index contributed by atoms with van der Waals surface area (Å²) >= 11 is 0. The second-order valence-corrected chi connectivity index (χ2v) is 5.43. The molecule has 108 valence electrons. The Bertz CT molecular complexity index is 489. The highest BCUT2D eigenvalue weighted by Crippen LogP contribution is 2.30. The number of nitrogens with zero attached hydrogens (tertiary/aromatic N) is 2. The number of aromatic nitrogens is 1. The van der Waals surface area contributed by atoms with Crippen LogP contribution >= 0.6 is 0 Å². The highest BCUT2D eigenvalue weighted by molar-refractivity contribution is 5.81. The minimum Gasteiger partial charge on any atom is -0.349 e. The van der Waals surface area contributed by atoms with E-state index in [4.69, 9.17) is 14.3 Å². The van der Waals surface area contributed by atoms with Crippen molar-refractivity contribution in [1.82, 2.24) is 4.98 Å². The molecule has 0 spiro atoms. The molecule has 0 radical (unpaired) electrons. The zero-order valence-corrected chi connectivity index (χ0v) is 11.8. The Kier molecular flexibility index (Phi) is 4.15. The summed E-state index contributed by atoms with van der Waals surface area (Å²) in [5.41, 5.74) is -0.0410. The van der Waals surface area contributed by atoms with Crippen molar-refractivity contribution in [2.24, 2.45) is 10.6 Å². The number of hydrogen-bond acceptors (Lipinski definition) is 6. The molecular formula is C14H18N2O4. The van der Waals surface area contributed by atoms with Crippen molar-refractivity contribution in [2.75, 3.05) is 13.2 Å². The molecule has 0 atom stereocenters. The van der Waals surface area contributed by atoms with E-state index in [1.54, 1.807) is 45.3 Å².